The van der Waals surface area contributed by atoms with Crippen molar-refractivity contribution in [3.8, 4) is 0 Å². The van der Waals surface area contributed by atoms with E-state index in [1.165, 1.54) is 18.3 Å². The summed E-state index contributed by atoms with van der Waals surface area (Å²) in [5.74, 6) is -0.459. The number of hydrogen-bond acceptors (Lipinski definition) is 7. The third kappa shape index (κ3) is 16.9. The molecule has 1 aromatic carbocycles. The average molecular weight is 672 g/mol. The minimum absolute atomic E-state index is 0.0584. The number of allylic oxidation sites excluding steroid dienone is 1. The molecule has 0 saturated heterocycles. The van der Waals surface area contributed by atoms with Gasteiger partial charge in [-0.2, -0.15) is 0 Å². The van der Waals surface area contributed by atoms with Crippen LogP contribution in [-0.2, 0) is 25.5 Å². The van der Waals surface area contributed by atoms with Crippen molar-refractivity contribution in [1.29, 1.82) is 0 Å². The van der Waals surface area contributed by atoms with Crippen LogP contribution in [0.1, 0.15) is 129 Å². The van der Waals surface area contributed by atoms with Crippen LogP contribution in [0.2, 0.25) is 0 Å². The highest BCUT2D eigenvalue weighted by Gasteiger charge is 2.31. The van der Waals surface area contributed by atoms with E-state index in [-0.39, 0.29) is 53.1 Å². The molecular formula is C38H61N3O5S. The number of thiazole rings is 1. The van der Waals surface area contributed by atoms with Crippen molar-refractivity contribution in [2.24, 2.45) is 17.8 Å². The fraction of sp³-hybridized carbons (Fsp3) is 0.605. The Hall–Kier alpha value is -3.33. The Morgan fingerprint density at radius 1 is 1.02 bits per heavy atom. The molecule has 264 valence electrons. The fourth-order valence-corrected chi connectivity index (χ4v) is 5.59. The van der Waals surface area contributed by atoms with E-state index < -0.39 is 12.1 Å². The predicted molar refractivity (Wildman–Crippen MR) is 194 cm³/mol. The van der Waals surface area contributed by atoms with Crippen molar-refractivity contribution in [3.63, 3.8) is 0 Å². The maximum absolute atomic E-state index is 13.3. The molecule has 0 saturated carbocycles. The van der Waals surface area contributed by atoms with Crippen molar-refractivity contribution < 1.29 is 23.9 Å². The summed E-state index contributed by atoms with van der Waals surface area (Å²) in [5.41, 5.74) is 1.30. The predicted octanol–water partition coefficient (Wildman–Crippen LogP) is 8.62. The summed E-state index contributed by atoms with van der Waals surface area (Å²) in [6.45, 7) is 22.5. The molecule has 1 N–H and O–H groups in total. The molecule has 1 heterocycles. The van der Waals surface area contributed by atoms with E-state index in [4.69, 9.17) is 4.74 Å². The van der Waals surface area contributed by atoms with E-state index in [1.807, 2.05) is 71.0 Å². The third-order valence-electron chi connectivity index (χ3n) is 7.96. The lowest BCUT2D eigenvalue weighted by Gasteiger charge is -2.34. The van der Waals surface area contributed by atoms with Crippen LogP contribution >= 0.6 is 11.3 Å². The molecule has 0 spiro atoms. The molecule has 1 aromatic heterocycles. The number of benzene rings is 1. The van der Waals surface area contributed by atoms with Crippen molar-refractivity contribution in [3.05, 3.63) is 64.6 Å². The first kappa shape index (κ1) is 43.7. The van der Waals surface area contributed by atoms with Crippen LogP contribution in [0.25, 0.3) is 0 Å². The van der Waals surface area contributed by atoms with Gasteiger partial charge in [-0.25, -0.2) is 4.98 Å². The molecule has 2 rings (SSSR count). The highest BCUT2D eigenvalue weighted by molar-refractivity contribution is 7.09. The quantitative estimate of drug-likeness (QED) is 0.133. The lowest BCUT2D eigenvalue weighted by atomic mass is 9.94. The van der Waals surface area contributed by atoms with Crippen LogP contribution in [0.3, 0.4) is 0 Å². The Morgan fingerprint density at radius 2 is 1.62 bits per heavy atom. The minimum Gasteiger partial charge on any atom is -0.455 e. The second kappa shape index (κ2) is 23.9. The number of ether oxygens (including phenoxy) is 1. The van der Waals surface area contributed by atoms with Gasteiger partial charge >= 0.3 is 5.97 Å². The molecule has 2 amide bonds. The van der Waals surface area contributed by atoms with E-state index in [2.05, 4.69) is 37.7 Å². The summed E-state index contributed by atoms with van der Waals surface area (Å²) in [4.78, 5) is 56.6. The number of aromatic nitrogens is 1. The molecule has 47 heavy (non-hydrogen) atoms. The third-order valence-corrected chi connectivity index (χ3v) is 8.89. The van der Waals surface area contributed by atoms with Gasteiger partial charge in [0.1, 0.15) is 16.5 Å². The summed E-state index contributed by atoms with van der Waals surface area (Å²) in [6.07, 6.45) is 5.12. The zero-order chi connectivity index (χ0) is 36.1. The number of nitrogens with one attached hydrogen (secondary N) is 1. The van der Waals surface area contributed by atoms with Crippen molar-refractivity contribution in [2.45, 2.75) is 126 Å². The molecule has 0 aliphatic heterocycles. The molecule has 9 heteroatoms. The average Bonchev–Trinajstić information content (AvgIpc) is 3.54. The molecule has 0 aliphatic rings. The van der Waals surface area contributed by atoms with Gasteiger partial charge in [0.2, 0.25) is 5.91 Å². The first-order chi connectivity index (χ1) is 22.2. The Labute approximate surface area is 288 Å². The van der Waals surface area contributed by atoms with Gasteiger partial charge in [-0.1, -0.05) is 98.2 Å². The lowest BCUT2D eigenvalue weighted by Crippen LogP contribution is -2.42. The number of nitrogens with zero attached hydrogens (tertiary/aromatic N) is 2. The van der Waals surface area contributed by atoms with Gasteiger partial charge in [0.05, 0.1) is 0 Å². The van der Waals surface area contributed by atoms with Crippen LogP contribution in [0, 0.1) is 17.8 Å². The monoisotopic (exact) mass is 671 g/mol. The normalized spacial score (nSPS) is 13.7. The molecule has 0 aliphatic carbocycles. The Kier molecular flexibility index (Phi) is 22.2. The van der Waals surface area contributed by atoms with E-state index in [0.29, 0.717) is 30.7 Å². The van der Waals surface area contributed by atoms with Crippen LogP contribution < -0.4 is 5.32 Å². The van der Waals surface area contributed by atoms with Crippen molar-refractivity contribution in [1.82, 2.24) is 15.2 Å². The second-order valence-corrected chi connectivity index (χ2v) is 13.1. The van der Waals surface area contributed by atoms with Crippen LogP contribution in [-0.4, -0.2) is 52.6 Å². The van der Waals surface area contributed by atoms with E-state index >= 15 is 0 Å². The molecule has 0 bridgehead atoms. The van der Waals surface area contributed by atoms with Gasteiger partial charge in [-0.05, 0) is 43.6 Å². The standard InChI is InChI=1S/C32H47N3O5S.C4H8.C2H6/c1-9-21(4)15-30(38)35(8)28(20(2)3)18-29(40-24(7)37)32-34-27(19-41-32)31(39)33-26(16-22(5)23(6)36)17-25-13-11-10-12-14-25;1-3-4-2;1-2/h10-14,19-22,26,28-29H,9,15-18H2,1-8H3,(H,33,39);3H,1,4H2,2H3;1-2H3. The first-order valence-electron chi connectivity index (χ1n) is 17.1. The maximum Gasteiger partial charge on any atom is 0.303 e. The van der Waals surface area contributed by atoms with Crippen LogP contribution in [0.5, 0.6) is 0 Å². The minimum atomic E-state index is -0.692. The van der Waals surface area contributed by atoms with Crippen molar-refractivity contribution >= 4 is 34.9 Å². The summed E-state index contributed by atoms with van der Waals surface area (Å²) in [6, 6.07) is 9.40. The highest BCUT2D eigenvalue weighted by atomic mass is 32.1. The van der Waals surface area contributed by atoms with Gasteiger partial charge in [-0.15, -0.1) is 17.9 Å². The number of rotatable bonds is 17. The number of esters is 1. The van der Waals surface area contributed by atoms with Gasteiger partial charge in [0.15, 0.2) is 6.10 Å². The number of ketones is 1. The molecule has 8 nitrogen and oxygen atoms in total. The summed E-state index contributed by atoms with van der Waals surface area (Å²) < 4.78 is 5.68. The SMILES string of the molecule is C=CCC.CC.CCC(C)CC(=O)N(C)C(CC(OC(C)=O)c1nc(C(=O)NC(Cc2ccccc2)CC(C)C(C)=O)cs1)C(C)C. The summed E-state index contributed by atoms with van der Waals surface area (Å²) in [5, 5.41) is 5.24. The van der Waals surface area contributed by atoms with Gasteiger partial charge in [-0.3, -0.25) is 19.2 Å². The topological polar surface area (TPSA) is 106 Å². The smallest absolute Gasteiger partial charge is 0.303 e. The number of Topliss-reactive ketones (excluding diaryl/α,β-unsaturated/α-hetero) is 1. The second-order valence-electron chi connectivity index (χ2n) is 12.2. The Balaban J connectivity index is 0.00000326. The molecule has 2 aromatic rings. The van der Waals surface area contributed by atoms with Crippen LogP contribution in [0.4, 0.5) is 0 Å². The molecule has 0 radical (unpaired) electrons. The summed E-state index contributed by atoms with van der Waals surface area (Å²) >= 11 is 1.26. The molecule has 5 atom stereocenters. The number of carbonyl (C=O) groups is 4. The van der Waals surface area contributed by atoms with E-state index in [0.717, 1.165) is 18.4 Å². The van der Waals surface area contributed by atoms with Crippen LogP contribution in [0.15, 0.2) is 48.4 Å². The van der Waals surface area contributed by atoms with Gasteiger partial charge in [0.25, 0.3) is 5.91 Å². The fourth-order valence-electron chi connectivity index (χ4n) is 4.75. The zero-order valence-electron chi connectivity index (χ0n) is 30.8. The van der Waals surface area contributed by atoms with Crippen molar-refractivity contribution in [2.75, 3.05) is 7.05 Å². The van der Waals surface area contributed by atoms with E-state index in [9.17, 15) is 19.2 Å². The maximum atomic E-state index is 13.3. The molecular weight excluding hydrogens is 611 g/mol. The molecule has 5 unspecified atom stereocenters. The first-order valence-corrected chi connectivity index (χ1v) is 18.0. The van der Waals surface area contributed by atoms with Gasteiger partial charge in [0, 0.05) is 50.2 Å². The number of amides is 2. The summed E-state index contributed by atoms with van der Waals surface area (Å²) in [7, 11) is 1.80. The Morgan fingerprint density at radius 3 is 2.11 bits per heavy atom. The largest absolute Gasteiger partial charge is 0.455 e. The van der Waals surface area contributed by atoms with E-state index in [1.54, 1.807) is 24.3 Å². The Bertz CT molecular complexity index is 1210. The highest BCUT2D eigenvalue weighted by Crippen LogP contribution is 2.31. The van der Waals surface area contributed by atoms with Gasteiger partial charge < -0.3 is 15.0 Å². The number of carbonyl (C=O) groups excluding carboxylic acids is 4. The number of hydrogen-bond donors (Lipinski definition) is 1. The lowest BCUT2D eigenvalue weighted by molar-refractivity contribution is -0.148. The zero-order valence-corrected chi connectivity index (χ0v) is 31.6. The molecule has 0 fully saturated rings.